The van der Waals surface area contributed by atoms with Crippen LogP contribution in [0.2, 0.25) is 0 Å². The van der Waals surface area contributed by atoms with Crippen LogP contribution < -0.4 is 10.6 Å². The van der Waals surface area contributed by atoms with Gasteiger partial charge in [0.25, 0.3) is 5.91 Å². The number of carbonyl (C=O) groups excluding carboxylic acids is 1. The topological polar surface area (TPSA) is 70.2 Å². The number of benzene rings is 1. The summed E-state index contributed by atoms with van der Waals surface area (Å²) in [5.41, 5.74) is 2.37. The van der Waals surface area contributed by atoms with Gasteiger partial charge < -0.3 is 15.5 Å². The van der Waals surface area contributed by atoms with E-state index in [9.17, 15) is 4.79 Å². The molecule has 2 aromatic rings. The normalized spacial score (nSPS) is 10.7. The van der Waals surface area contributed by atoms with E-state index in [2.05, 4.69) is 36.5 Å². The second-order valence-corrected chi connectivity index (χ2v) is 6.29. The number of nitrogens with one attached hydrogen (secondary N) is 2. The Kier molecular flexibility index (Phi) is 6.06. The summed E-state index contributed by atoms with van der Waals surface area (Å²) in [4.78, 5) is 22.3. The van der Waals surface area contributed by atoms with Crippen molar-refractivity contribution in [3.05, 3.63) is 46.3 Å². The molecule has 6 nitrogen and oxygen atoms in total. The van der Waals surface area contributed by atoms with Gasteiger partial charge in [-0.15, -0.1) is 0 Å². The predicted molar refractivity (Wildman–Crippen MR) is 95.1 cm³/mol. The van der Waals surface area contributed by atoms with Gasteiger partial charge in [-0.1, -0.05) is 22.0 Å². The number of rotatable bonds is 6. The van der Waals surface area contributed by atoms with Gasteiger partial charge in [0.1, 0.15) is 11.5 Å². The first kappa shape index (κ1) is 17.4. The minimum absolute atomic E-state index is 0.219. The van der Waals surface area contributed by atoms with E-state index in [1.54, 1.807) is 6.20 Å². The monoisotopic (exact) mass is 377 g/mol. The van der Waals surface area contributed by atoms with Gasteiger partial charge in [0.05, 0.1) is 12.4 Å². The molecule has 0 saturated heterocycles. The molecule has 1 heterocycles. The highest BCUT2D eigenvalue weighted by atomic mass is 79.9. The molecule has 23 heavy (non-hydrogen) atoms. The molecule has 2 rings (SSSR count). The van der Waals surface area contributed by atoms with E-state index in [0.29, 0.717) is 18.1 Å². The van der Waals surface area contributed by atoms with E-state index in [1.807, 2.05) is 44.1 Å². The summed E-state index contributed by atoms with van der Waals surface area (Å²) in [5, 5.41) is 5.96. The Hall–Kier alpha value is -1.99. The number of hydrogen-bond acceptors (Lipinski definition) is 5. The van der Waals surface area contributed by atoms with Gasteiger partial charge in [-0.3, -0.25) is 4.79 Å². The number of carbonyl (C=O) groups is 1. The predicted octanol–water partition coefficient (Wildman–Crippen LogP) is 2.58. The van der Waals surface area contributed by atoms with Crippen molar-refractivity contribution in [1.82, 2.24) is 20.2 Å². The highest BCUT2D eigenvalue weighted by Gasteiger charge is 2.08. The molecule has 1 amide bonds. The second kappa shape index (κ2) is 8.03. The standard InChI is InChI=1S/C16H20BrN5O/c1-11-4-5-12(8-13(11)17)21-15-10-19-14(9-20-15)16(23)18-6-7-22(2)3/h4-5,8-10H,6-7H2,1-3H3,(H,18,23)(H,20,21). The van der Waals surface area contributed by atoms with Crippen molar-refractivity contribution >= 4 is 33.3 Å². The van der Waals surface area contributed by atoms with Gasteiger partial charge >= 0.3 is 0 Å². The summed E-state index contributed by atoms with van der Waals surface area (Å²) < 4.78 is 1.02. The molecule has 0 aliphatic rings. The van der Waals surface area contributed by atoms with E-state index in [0.717, 1.165) is 22.3 Å². The summed E-state index contributed by atoms with van der Waals surface area (Å²) in [6, 6.07) is 5.94. The molecule has 7 heteroatoms. The van der Waals surface area contributed by atoms with Crippen molar-refractivity contribution < 1.29 is 4.79 Å². The van der Waals surface area contributed by atoms with Gasteiger partial charge in [0.15, 0.2) is 0 Å². The molecular formula is C16H20BrN5O. The maximum absolute atomic E-state index is 11.9. The number of amides is 1. The van der Waals surface area contributed by atoms with Crippen molar-refractivity contribution in [3.8, 4) is 0 Å². The van der Waals surface area contributed by atoms with Crippen LogP contribution in [0.5, 0.6) is 0 Å². The molecule has 0 aliphatic heterocycles. The average molecular weight is 378 g/mol. The van der Waals surface area contributed by atoms with Crippen LogP contribution in [-0.4, -0.2) is 48.0 Å². The minimum atomic E-state index is -0.219. The first-order chi connectivity index (χ1) is 11.0. The first-order valence-electron chi connectivity index (χ1n) is 7.24. The number of aromatic nitrogens is 2. The smallest absolute Gasteiger partial charge is 0.271 e. The van der Waals surface area contributed by atoms with E-state index in [-0.39, 0.29) is 5.91 Å². The van der Waals surface area contributed by atoms with Crippen molar-refractivity contribution in [2.75, 3.05) is 32.5 Å². The molecule has 1 aromatic carbocycles. The Balaban J connectivity index is 1.96. The Labute approximate surface area is 144 Å². The summed E-state index contributed by atoms with van der Waals surface area (Å²) in [6.45, 7) is 3.38. The fourth-order valence-electron chi connectivity index (χ4n) is 1.81. The highest BCUT2D eigenvalue weighted by molar-refractivity contribution is 9.10. The van der Waals surface area contributed by atoms with Gasteiger partial charge in [-0.05, 0) is 38.7 Å². The Morgan fingerprint density at radius 1 is 1.26 bits per heavy atom. The van der Waals surface area contributed by atoms with Crippen LogP contribution in [0, 0.1) is 6.92 Å². The lowest BCUT2D eigenvalue weighted by Gasteiger charge is -2.10. The fraction of sp³-hybridized carbons (Fsp3) is 0.312. The van der Waals surface area contributed by atoms with Crippen LogP contribution in [0.25, 0.3) is 0 Å². The third kappa shape index (κ3) is 5.30. The SMILES string of the molecule is Cc1ccc(Nc2cnc(C(=O)NCCN(C)C)cn2)cc1Br. The number of anilines is 2. The van der Waals surface area contributed by atoms with Crippen molar-refractivity contribution in [1.29, 1.82) is 0 Å². The van der Waals surface area contributed by atoms with Gasteiger partial charge in [-0.25, -0.2) is 9.97 Å². The molecule has 0 aliphatic carbocycles. The van der Waals surface area contributed by atoms with Crippen LogP contribution in [-0.2, 0) is 0 Å². The molecule has 0 unspecified atom stereocenters. The molecule has 0 radical (unpaired) electrons. The lowest BCUT2D eigenvalue weighted by molar-refractivity contribution is 0.0945. The van der Waals surface area contributed by atoms with Crippen LogP contribution in [0.1, 0.15) is 16.1 Å². The molecular weight excluding hydrogens is 358 g/mol. The largest absolute Gasteiger partial charge is 0.349 e. The lowest BCUT2D eigenvalue weighted by atomic mass is 10.2. The first-order valence-corrected chi connectivity index (χ1v) is 8.03. The van der Waals surface area contributed by atoms with Gasteiger partial charge in [0.2, 0.25) is 0 Å². The number of halogens is 1. The van der Waals surface area contributed by atoms with Gasteiger partial charge in [0, 0.05) is 23.2 Å². The van der Waals surface area contributed by atoms with Gasteiger partial charge in [-0.2, -0.15) is 0 Å². The van der Waals surface area contributed by atoms with Crippen LogP contribution >= 0.6 is 15.9 Å². The number of hydrogen-bond donors (Lipinski definition) is 2. The van der Waals surface area contributed by atoms with E-state index in [1.165, 1.54) is 6.20 Å². The summed E-state index contributed by atoms with van der Waals surface area (Å²) in [7, 11) is 3.91. The quantitative estimate of drug-likeness (QED) is 0.809. The molecule has 0 atom stereocenters. The molecule has 0 bridgehead atoms. The Bertz CT molecular complexity index is 673. The fourth-order valence-corrected chi connectivity index (χ4v) is 2.19. The third-order valence-electron chi connectivity index (χ3n) is 3.17. The third-order valence-corrected chi connectivity index (χ3v) is 4.03. The molecule has 0 spiro atoms. The van der Waals surface area contributed by atoms with Crippen molar-refractivity contribution in [2.24, 2.45) is 0 Å². The molecule has 122 valence electrons. The summed E-state index contributed by atoms with van der Waals surface area (Å²) >= 11 is 3.49. The molecule has 1 aromatic heterocycles. The number of nitrogens with zero attached hydrogens (tertiary/aromatic N) is 3. The maximum Gasteiger partial charge on any atom is 0.271 e. The minimum Gasteiger partial charge on any atom is -0.349 e. The number of likely N-dealkylation sites (N-methyl/N-ethyl adjacent to an activating group) is 1. The molecule has 0 saturated carbocycles. The lowest BCUT2D eigenvalue weighted by Crippen LogP contribution is -2.31. The zero-order valence-corrected chi connectivity index (χ0v) is 15.0. The average Bonchev–Trinajstić information content (AvgIpc) is 2.51. The van der Waals surface area contributed by atoms with E-state index < -0.39 is 0 Å². The number of aryl methyl sites for hydroxylation is 1. The van der Waals surface area contributed by atoms with Crippen LogP contribution in [0.4, 0.5) is 11.5 Å². The summed E-state index contributed by atoms with van der Waals surface area (Å²) in [5.74, 6) is 0.370. The second-order valence-electron chi connectivity index (χ2n) is 5.44. The molecule has 2 N–H and O–H groups in total. The zero-order chi connectivity index (χ0) is 16.8. The van der Waals surface area contributed by atoms with Crippen LogP contribution in [0.3, 0.4) is 0 Å². The van der Waals surface area contributed by atoms with Crippen molar-refractivity contribution in [3.63, 3.8) is 0 Å². The van der Waals surface area contributed by atoms with Crippen LogP contribution in [0.15, 0.2) is 35.1 Å². The Morgan fingerprint density at radius 2 is 2.04 bits per heavy atom. The zero-order valence-electron chi connectivity index (χ0n) is 13.4. The molecule has 0 fully saturated rings. The van der Waals surface area contributed by atoms with Crippen molar-refractivity contribution in [2.45, 2.75) is 6.92 Å². The maximum atomic E-state index is 11.9. The van der Waals surface area contributed by atoms with E-state index >= 15 is 0 Å². The highest BCUT2D eigenvalue weighted by Crippen LogP contribution is 2.22. The van der Waals surface area contributed by atoms with E-state index in [4.69, 9.17) is 0 Å². The Morgan fingerprint density at radius 3 is 2.65 bits per heavy atom. The summed E-state index contributed by atoms with van der Waals surface area (Å²) in [6.07, 6.45) is 3.02.